The number of nitrogens with zero attached hydrogens (tertiary/aromatic N) is 6. The van der Waals surface area contributed by atoms with E-state index in [0.717, 1.165) is 45.0 Å². The van der Waals surface area contributed by atoms with Crippen molar-refractivity contribution < 1.29 is 0 Å². The summed E-state index contributed by atoms with van der Waals surface area (Å²) in [5, 5.41) is 2.45. The zero-order chi connectivity index (χ0) is 37.3. The molecule has 0 aliphatic carbocycles. The van der Waals surface area contributed by atoms with Crippen LogP contribution < -0.4 is 4.90 Å². The van der Waals surface area contributed by atoms with Crippen molar-refractivity contribution in [3.63, 3.8) is 0 Å². The number of hydrogen-bond acceptors (Lipinski definition) is 5. The van der Waals surface area contributed by atoms with E-state index in [1.54, 1.807) is 0 Å². The number of para-hydroxylation sites is 2. The van der Waals surface area contributed by atoms with Crippen LogP contribution in [-0.2, 0) is 0 Å². The van der Waals surface area contributed by atoms with Crippen LogP contribution in [0.2, 0.25) is 0 Å². The minimum atomic E-state index is 0.640. The minimum Gasteiger partial charge on any atom is -0.311 e. The van der Waals surface area contributed by atoms with Crippen molar-refractivity contribution >= 4 is 38.9 Å². The van der Waals surface area contributed by atoms with Gasteiger partial charge < -0.3 is 9.47 Å². The molecule has 0 atom stereocenters. The Hall–Kier alpha value is -7.70. The number of aromatic nitrogens is 5. The van der Waals surface area contributed by atoms with Crippen LogP contribution >= 0.6 is 0 Å². The molecule has 0 saturated carbocycles. The smallest absolute Gasteiger partial charge is 0.162 e. The van der Waals surface area contributed by atoms with E-state index in [4.69, 9.17) is 0 Å². The van der Waals surface area contributed by atoms with Crippen molar-refractivity contribution in [3.8, 4) is 50.5 Å². The Kier molecular flexibility index (Phi) is 8.39. The summed E-state index contributed by atoms with van der Waals surface area (Å²) in [7, 11) is 0. The second kappa shape index (κ2) is 14.3. The lowest BCUT2D eigenvalue weighted by molar-refractivity contribution is 1.06. The highest BCUT2D eigenvalue weighted by molar-refractivity contribution is 6.15. The van der Waals surface area contributed by atoms with Gasteiger partial charge in [0, 0.05) is 57.0 Å². The first-order chi connectivity index (χ1) is 27.8. The molecule has 0 aliphatic heterocycles. The van der Waals surface area contributed by atoms with Crippen molar-refractivity contribution in [1.82, 2.24) is 24.5 Å². The average molecular weight is 719 g/mol. The monoisotopic (exact) mass is 718 g/mol. The van der Waals surface area contributed by atoms with Crippen LogP contribution in [0.1, 0.15) is 0 Å². The van der Waals surface area contributed by atoms with Gasteiger partial charge in [-0.25, -0.2) is 15.0 Å². The number of fused-ring (bicyclic) bond motifs is 3. The minimum absolute atomic E-state index is 0.640. The largest absolute Gasteiger partial charge is 0.311 e. The maximum absolute atomic E-state index is 4.36. The number of rotatable bonds is 8. The summed E-state index contributed by atoms with van der Waals surface area (Å²) in [6.07, 6.45) is 6.70. The van der Waals surface area contributed by atoms with E-state index in [-0.39, 0.29) is 0 Å². The molecule has 0 fully saturated rings. The van der Waals surface area contributed by atoms with E-state index >= 15 is 0 Å². The van der Waals surface area contributed by atoms with Crippen LogP contribution in [0, 0.1) is 0 Å². The highest BCUT2D eigenvalue weighted by Gasteiger charge is 2.20. The van der Waals surface area contributed by atoms with E-state index in [9.17, 15) is 0 Å². The number of anilines is 3. The van der Waals surface area contributed by atoms with Gasteiger partial charge in [0.15, 0.2) is 5.82 Å². The third-order valence-electron chi connectivity index (χ3n) is 10.3. The second-order valence-corrected chi connectivity index (χ2v) is 13.6. The van der Waals surface area contributed by atoms with Gasteiger partial charge in [-0.15, -0.1) is 0 Å². The Morgan fingerprint density at radius 1 is 0.393 bits per heavy atom. The highest BCUT2D eigenvalue weighted by atomic mass is 15.1. The Labute approximate surface area is 324 Å². The molecule has 0 saturated heterocycles. The standard InChI is InChI=1S/C50H34N6/c1-3-9-35(10-4-1)40-31-46(49-47(32-40)45-13-7-8-14-48(45)56(49)41-11-5-2-6-12-41)38-17-23-43(24-18-38)55(42-21-15-36(16-22-42)37-27-29-51-30-28-37)44-25-19-39(20-26-44)50-53-33-52-34-54-50/h1-34H. The fraction of sp³-hybridized carbons (Fsp3) is 0. The molecule has 3 aromatic heterocycles. The van der Waals surface area contributed by atoms with Crippen LogP contribution in [0.3, 0.4) is 0 Å². The summed E-state index contributed by atoms with van der Waals surface area (Å²) < 4.78 is 2.41. The van der Waals surface area contributed by atoms with E-state index < -0.39 is 0 Å². The van der Waals surface area contributed by atoms with Gasteiger partial charge in [0.25, 0.3) is 0 Å². The van der Waals surface area contributed by atoms with Crippen LogP contribution in [0.4, 0.5) is 17.1 Å². The lowest BCUT2D eigenvalue weighted by Crippen LogP contribution is -2.10. The van der Waals surface area contributed by atoms with Gasteiger partial charge in [0.2, 0.25) is 0 Å². The van der Waals surface area contributed by atoms with Crippen LogP contribution in [0.15, 0.2) is 207 Å². The molecule has 0 aliphatic rings. The zero-order valence-corrected chi connectivity index (χ0v) is 30.3. The van der Waals surface area contributed by atoms with Crippen molar-refractivity contribution in [2.45, 2.75) is 0 Å². The van der Waals surface area contributed by atoms with Crippen LogP contribution in [-0.4, -0.2) is 24.5 Å². The maximum atomic E-state index is 4.36. The molecule has 10 rings (SSSR count). The molecule has 0 unspecified atom stereocenters. The quantitative estimate of drug-likeness (QED) is 0.157. The van der Waals surface area contributed by atoms with Gasteiger partial charge in [0.1, 0.15) is 12.7 Å². The molecule has 6 nitrogen and oxygen atoms in total. The molecule has 56 heavy (non-hydrogen) atoms. The predicted molar refractivity (Wildman–Crippen MR) is 228 cm³/mol. The van der Waals surface area contributed by atoms with E-state index in [0.29, 0.717) is 5.82 Å². The van der Waals surface area contributed by atoms with E-state index in [1.165, 1.54) is 51.2 Å². The number of benzene rings is 7. The van der Waals surface area contributed by atoms with Gasteiger partial charge in [0.05, 0.1) is 11.0 Å². The Morgan fingerprint density at radius 3 is 1.59 bits per heavy atom. The third-order valence-corrected chi connectivity index (χ3v) is 10.3. The van der Waals surface area contributed by atoms with Crippen LogP contribution in [0.25, 0.3) is 72.3 Å². The Bertz CT molecular complexity index is 2830. The lowest BCUT2D eigenvalue weighted by Gasteiger charge is -2.26. The van der Waals surface area contributed by atoms with Gasteiger partial charge in [-0.2, -0.15) is 0 Å². The molecule has 0 radical (unpaired) electrons. The predicted octanol–water partition coefficient (Wildman–Crippen LogP) is 12.5. The van der Waals surface area contributed by atoms with Gasteiger partial charge in [-0.3, -0.25) is 4.98 Å². The van der Waals surface area contributed by atoms with Gasteiger partial charge in [-0.05, 0) is 119 Å². The molecule has 3 heterocycles. The van der Waals surface area contributed by atoms with Crippen LogP contribution in [0.5, 0.6) is 0 Å². The Balaban J connectivity index is 1.13. The average Bonchev–Trinajstić information content (AvgIpc) is 3.62. The number of hydrogen-bond donors (Lipinski definition) is 0. The SMILES string of the molecule is c1ccc(-c2cc(-c3ccc(N(c4ccc(-c5ccncc5)cc4)c4ccc(-c5ncncn5)cc4)cc3)c3c(c2)c2ccccc2n3-c2ccccc2)cc1. The second-order valence-electron chi connectivity index (χ2n) is 13.6. The molecular formula is C50H34N6. The normalized spacial score (nSPS) is 11.2. The molecular weight excluding hydrogens is 685 g/mol. The van der Waals surface area contributed by atoms with E-state index in [2.05, 4.69) is 199 Å². The summed E-state index contributed by atoms with van der Waals surface area (Å²) in [6.45, 7) is 0. The molecule has 0 amide bonds. The highest BCUT2D eigenvalue weighted by Crippen LogP contribution is 2.43. The summed E-state index contributed by atoms with van der Waals surface area (Å²) >= 11 is 0. The van der Waals surface area contributed by atoms with Crippen molar-refractivity contribution in [2.75, 3.05) is 4.90 Å². The molecule has 10 aromatic rings. The van der Waals surface area contributed by atoms with Gasteiger partial charge >= 0.3 is 0 Å². The summed E-state index contributed by atoms with van der Waals surface area (Å²) in [6, 6.07) is 64.8. The van der Waals surface area contributed by atoms with Gasteiger partial charge in [-0.1, -0.05) is 91.0 Å². The molecule has 264 valence electrons. The summed E-state index contributed by atoms with van der Waals surface area (Å²) in [5.41, 5.74) is 14.4. The lowest BCUT2D eigenvalue weighted by atomic mass is 9.95. The van der Waals surface area contributed by atoms with E-state index in [1.807, 2.05) is 24.5 Å². The van der Waals surface area contributed by atoms with Crippen molar-refractivity contribution in [3.05, 3.63) is 207 Å². The summed E-state index contributed by atoms with van der Waals surface area (Å²) in [4.78, 5) is 19.2. The Morgan fingerprint density at radius 2 is 0.929 bits per heavy atom. The third kappa shape index (κ3) is 6.05. The first-order valence-corrected chi connectivity index (χ1v) is 18.6. The zero-order valence-electron chi connectivity index (χ0n) is 30.3. The molecule has 0 N–H and O–H groups in total. The first-order valence-electron chi connectivity index (χ1n) is 18.6. The first kappa shape index (κ1) is 32.9. The molecule has 0 spiro atoms. The van der Waals surface area contributed by atoms with Crippen molar-refractivity contribution in [1.29, 1.82) is 0 Å². The number of pyridine rings is 1. The molecule has 7 aromatic carbocycles. The molecule has 6 heteroatoms. The fourth-order valence-electron chi connectivity index (χ4n) is 7.69. The fourth-order valence-corrected chi connectivity index (χ4v) is 7.69. The summed E-state index contributed by atoms with van der Waals surface area (Å²) in [5.74, 6) is 0.640. The molecule has 0 bridgehead atoms. The maximum Gasteiger partial charge on any atom is 0.162 e. The van der Waals surface area contributed by atoms with Crippen molar-refractivity contribution in [2.24, 2.45) is 0 Å². The topological polar surface area (TPSA) is 59.7 Å².